The molecule has 1 atom stereocenters. The molecule has 0 unspecified atom stereocenters. The molecule has 2 rings (SSSR count). The highest BCUT2D eigenvalue weighted by Crippen LogP contribution is 2.24. The zero-order chi connectivity index (χ0) is 12.3. The molecule has 3 heteroatoms. The molecule has 0 aliphatic carbocycles. The van der Waals surface area contributed by atoms with Crippen LogP contribution in [0.15, 0.2) is 47.5 Å². The first-order valence-corrected chi connectivity index (χ1v) is 6.73. The summed E-state index contributed by atoms with van der Waals surface area (Å²) in [5, 5.41) is 10.3. The fourth-order valence-electron chi connectivity index (χ4n) is 1.84. The molecular formula is C14H17NOS. The van der Waals surface area contributed by atoms with Crippen molar-refractivity contribution in [2.75, 3.05) is 5.75 Å². The van der Waals surface area contributed by atoms with Crippen LogP contribution in [0.25, 0.3) is 0 Å². The number of rotatable bonds is 4. The normalized spacial score (nSPS) is 12.6. The van der Waals surface area contributed by atoms with Crippen molar-refractivity contribution in [1.82, 2.24) is 4.57 Å². The van der Waals surface area contributed by atoms with Gasteiger partial charge >= 0.3 is 0 Å². The molecule has 1 aromatic heterocycles. The molecule has 2 aromatic rings. The van der Waals surface area contributed by atoms with Crippen molar-refractivity contribution < 1.29 is 5.11 Å². The summed E-state index contributed by atoms with van der Waals surface area (Å²) in [5.41, 5.74) is 1.85. The van der Waals surface area contributed by atoms with E-state index < -0.39 is 6.10 Å². The lowest BCUT2D eigenvalue weighted by molar-refractivity contribution is 0.211. The Morgan fingerprint density at radius 2 is 1.94 bits per heavy atom. The van der Waals surface area contributed by atoms with Crippen molar-refractivity contribution in [2.24, 2.45) is 7.05 Å². The predicted molar refractivity (Wildman–Crippen MR) is 72.3 cm³/mol. The van der Waals surface area contributed by atoms with E-state index in [1.807, 2.05) is 53.8 Å². The number of aliphatic hydroxyl groups excluding tert-OH is 1. The summed E-state index contributed by atoms with van der Waals surface area (Å²) in [6.07, 6.45) is 1.40. The van der Waals surface area contributed by atoms with Crippen molar-refractivity contribution in [3.05, 3.63) is 53.9 Å². The van der Waals surface area contributed by atoms with Crippen molar-refractivity contribution in [1.29, 1.82) is 0 Å². The van der Waals surface area contributed by atoms with Crippen LogP contribution < -0.4 is 0 Å². The van der Waals surface area contributed by atoms with Crippen molar-refractivity contribution in [2.45, 2.75) is 17.9 Å². The largest absolute Gasteiger partial charge is 0.382 e. The zero-order valence-electron chi connectivity index (χ0n) is 10.1. The molecular weight excluding hydrogens is 230 g/mol. The highest BCUT2D eigenvalue weighted by atomic mass is 32.2. The number of benzene rings is 1. The first-order valence-electron chi connectivity index (χ1n) is 5.74. The summed E-state index contributed by atoms with van der Waals surface area (Å²) >= 11 is 1.81. The molecule has 1 N–H and O–H groups in total. The van der Waals surface area contributed by atoms with Gasteiger partial charge in [0, 0.05) is 18.1 Å². The summed E-state index contributed by atoms with van der Waals surface area (Å²) in [5.74, 6) is 1.07. The topological polar surface area (TPSA) is 25.2 Å². The highest BCUT2D eigenvalue weighted by Gasteiger charge is 2.12. The van der Waals surface area contributed by atoms with E-state index in [9.17, 15) is 5.11 Å². The van der Waals surface area contributed by atoms with Gasteiger partial charge in [0.15, 0.2) is 0 Å². The van der Waals surface area contributed by atoms with Gasteiger partial charge in [-0.25, -0.2) is 0 Å². The molecule has 90 valence electrons. The van der Waals surface area contributed by atoms with Crippen LogP contribution in [0.3, 0.4) is 0 Å². The number of aryl methyl sites for hydroxylation is 1. The van der Waals surface area contributed by atoms with Gasteiger partial charge in [-0.15, -0.1) is 11.8 Å². The van der Waals surface area contributed by atoms with E-state index in [4.69, 9.17) is 0 Å². The second kappa shape index (κ2) is 5.43. The minimum atomic E-state index is -0.546. The average Bonchev–Trinajstić information content (AvgIpc) is 2.76. The predicted octanol–water partition coefficient (Wildman–Crippen LogP) is 3.22. The van der Waals surface area contributed by atoms with Gasteiger partial charge in [-0.3, -0.25) is 0 Å². The maximum atomic E-state index is 10.3. The second-order valence-electron chi connectivity index (χ2n) is 3.95. The Morgan fingerprint density at radius 3 is 2.47 bits per heavy atom. The van der Waals surface area contributed by atoms with Crippen LogP contribution in [0.2, 0.25) is 0 Å². The minimum Gasteiger partial charge on any atom is -0.382 e. The number of thioether (sulfide) groups is 1. The van der Waals surface area contributed by atoms with E-state index in [0.29, 0.717) is 0 Å². The smallest absolute Gasteiger partial charge is 0.119 e. The van der Waals surface area contributed by atoms with E-state index in [1.165, 1.54) is 4.90 Å². The van der Waals surface area contributed by atoms with Crippen LogP contribution in [0, 0.1) is 0 Å². The molecule has 0 saturated heterocycles. The molecule has 1 aromatic carbocycles. The van der Waals surface area contributed by atoms with Crippen LogP contribution in [0.4, 0.5) is 0 Å². The number of hydrogen-bond acceptors (Lipinski definition) is 2. The number of nitrogens with zero attached hydrogens (tertiary/aromatic N) is 1. The second-order valence-corrected chi connectivity index (χ2v) is 5.29. The lowest BCUT2D eigenvalue weighted by Gasteiger charge is -2.12. The van der Waals surface area contributed by atoms with E-state index in [2.05, 4.69) is 19.1 Å². The van der Waals surface area contributed by atoms with Gasteiger partial charge < -0.3 is 9.67 Å². The maximum Gasteiger partial charge on any atom is 0.119 e. The van der Waals surface area contributed by atoms with Gasteiger partial charge in [0.05, 0.1) is 5.69 Å². The summed E-state index contributed by atoms with van der Waals surface area (Å²) in [7, 11) is 1.94. The molecule has 0 bridgehead atoms. The minimum absolute atomic E-state index is 0.546. The Hall–Kier alpha value is -1.19. The third kappa shape index (κ3) is 2.73. The Kier molecular flexibility index (Phi) is 3.92. The van der Waals surface area contributed by atoms with E-state index in [0.717, 1.165) is 17.0 Å². The molecule has 0 saturated carbocycles. The van der Waals surface area contributed by atoms with Gasteiger partial charge in [-0.1, -0.05) is 19.1 Å². The van der Waals surface area contributed by atoms with Crippen LogP contribution in [-0.2, 0) is 7.05 Å². The lowest BCUT2D eigenvalue weighted by atomic mass is 10.1. The molecule has 0 amide bonds. The molecule has 0 fully saturated rings. The monoisotopic (exact) mass is 247 g/mol. The maximum absolute atomic E-state index is 10.3. The van der Waals surface area contributed by atoms with Crippen molar-refractivity contribution in [3.63, 3.8) is 0 Å². The summed E-state index contributed by atoms with van der Waals surface area (Å²) in [6, 6.07) is 12.0. The Morgan fingerprint density at radius 1 is 1.24 bits per heavy atom. The number of aliphatic hydroxyl groups is 1. The van der Waals surface area contributed by atoms with Gasteiger partial charge in [0.1, 0.15) is 6.10 Å². The standard InChI is InChI=1S/C14H17NOS/c1-3-17-12-8-6-11(7-9-12)14(16)13-5-4-10-15(13)2/h4-10,14,16H,3H2,1-2H3/t14-/m0/s1. The lowest BCUT2D eigenvalue weighted by Crippen LogP contribution is -2.04. The molecule has 0 aliphatic heterocycles. The first kappa shape index (κ1) is 12.3. The Labute approximate surface area is 106 Å². The van der Waals surface area contributed by atoms with Crippen molar-refractivity contribution in [3.8, 4) is 0 Å². The van der Waals surface area contributed by atoms with Gasteiger partial charge in [-0.2, -0.15) is 0 Å². The highest BCUT2D eigenvalue weighted by molar-refractivity contribution is 7.99. The molecule has 2 nitrogen and oxygen atoms in total. The van der Waals surface area contributed by atoms with Crippen molar-refractivity contribution >= 4 is 11.8 Å². The fourth-order valence-corrected chi connectivity index (χ4v) is 2.50. The molecule has 1 heterocycles. The first-order chi connectivity index (χ1) is 8.22. The Bertz CT molecular complexity index is 475. The van der Waals surface area contributed by atoms with Crippen LogP contribution in [0.1, 0.15) is 24.3 Å². The molecule has 0 radical (unpaired) electrons. The third-order valence-electron chi connectivity index (χ3n) is 2.77. The molecule has 0 aliphatic rings. The quantitative estimate of drug-likeness (QED) is 0.839. The molecule has 17 heavy (non-hydrogen) atoms. The zero-order valence-corrected chi connectivity index (χ0v) is 10.9. The van der Waals surface area contributed by atoms with Crippen LogP contribution >= 0.6 is 11.8 Å². The van der Waals surface area contributed by atoms with Crippen LogP contribution in [-0.4, -0.2) is 15.4 Å². The van der Waals surface area contributed by atoms with E-state index in [-0.39, 0.29) is 0 Å². The summed E-state index contributed by atoms with van der Waals surface area (Å²) in [6.45, 7) is 2.14. The van der Waals surface area contributed by atoms with Gasteiger partial charge in [-0.05, 0) is 35.6 Å². The fraction of sp³-hybridized carbons (Fsp3) is 0.286. The summed E-state index contributed by atoms with van der Waals surface area (Å²) < 4.78 is 1.94. The summed E-state index contributed by atoms with van der Waals surface area (Å²) in [4.78, 5) is 1.25. The van der Waals surface area contributed by atoms with Gasteiger partial charge in [0.25, 0.3) is 0 Å². The molecule has 0 spiro atoms. The number of aromatic nitrogens is 1. The van der Waals surface area contributed by atoms with E-state index >= 15 is 0 Å². The third-order valence-corrected chi connectivity index (χ3v) is 3.67. The SMILES string of the molecule is CCSc1ccc([C@H](O)c2cccn2C)cc1. The van der Waals surface area contributed by atoms with E-state index in [1.54, 1.807) is 0 Å². The van der Waals surface area contributed by atoms with Crippen LogP contribution in [0.5, 0.6) is 0 Å². The number of hydrogen-bond donors (Lipinski definition) is 1. The Balaban J connectivity index is 2.20. The van der Waals surface area contributed by atoms with Gasteiger partial charge in [0.2, 0.25) is 0 Å². The average molecular weight is 247 g/mol.